The van der Waals surface area contributed by atoms with Crippen molar-refractivity contribution in [1.82, 2.24) is 0 Å². The Morgan fingerprint density at radius 3 is 0.392 bits per heavy atom. The zero-order chi connectivity index (χ0) is 87.5. The Labute approximate surface area is 712 Å². The van der Waals surface area contributed by atoms with Crippen molar-refractivity contribution in [2.75, 3.05) is 238 Å². The molecular formula is C96H144O24. The largest absolute Gasteiger partial charge is 0.507 e. The third-order valence-electron chi connectivity index (χ3n) is 20.1. The molecular weight excluding hydrogens is 1540 g/mol. The summed E-state index contributed by atoms with van der Waals surface area (Å²) >= 11 is 0. The fraction of sp³-hybridized carbons (Fsp3) is 0.625. The summed E-state index contributed by atoms with van der Waals surface area (Å²) in [5.74, 6) is 1.02. The molecule has 0 amide bonds. The third-order valence-corrected chi connectivity index (χ3v) is 20.1. The first-order valence-corrected chi connectivity index (χ1v) is 42.7. The van der Waals surface area contributed by atoms with Crippen molar-refractivity contribution >= 4 is 64.6 Å². The van der Waals surface area contributed by atoms with Crippen molar-refractivity contribution in [1.29, 1.82) is 0 Å². The van der Waals surface area contributed by atoms with Gasteiger partial charge in [-0.25, -0.2) is 0 Å². The Kier molecular flexibility index (Phi) is 41.7. The standard InChI is InChI=1S/C96H144O24/c1-91(2,3)67-55-73-79-61-70(94(10,11)12)63-81(88(79)118-52-49-115-46-43-112-40-37-109-34-31-106-28-25-103-22-19-97)75-57-68(92(4,5)6)59-77(86(75)101)83-65-72(96(16,17)18)66-84(90(83)120-54-51-117-48-45-114-42-39-111-36-33-108-30-27-105-24-21-99)78-60-69(93(7,8)9)58-76(87(78)102)82-64-71(95(13,14)15)62-80(74(56-67)85(73)100)89(82)119-53-50-116-47-44-113-41-38-110-35-32-107-29-26-104-23-20-98/h55-66,97-102H,19-54H2,1-18H3. The molecule has 0 aliphatic rings. The lowest BCUT2D eigenvalue weighted by atomic mass is 9.81. The van der Waals surface area contributed by atoms with Crippen molar-refractivity contribution in [2.24, 2.45) is 0 Å². The molecule has 7 aromatic rings. The quantitative estimate of drug-likeness (QED) is 0.0193. The maximum atomic E-state index is 14.1. The number of hydrogen-bond acceptors (Lipinski definition) is 24. The van der Waals surface area contributed by atoms with Gasteiger partial charge in [0.25, 0.3) is 0 Å². The summed E-state index contributed by atoms with van der Waals surface area (Å²) < 4.78 is 108. The van der Waals surface area contributed by atoms with E-state index in [4.69, 9.17) is 101 Å². The lowest BCUT2D eigenvalue weighted by Gasteiger charge is -2.26. The van der Waals surface area contributed by atoms with Crippen molar-refractivity contribution < 1.29 is 116 Å². The number of fused-ring (bicyclic) bond motifs is 18. The number of phenols is 3. The Balaban J connectivity index is 1.51. The van der Waals surface area contributed by atoms with Crippen LogP contribution in [0.15, 0.2) is 72.8 Å². The second-order valence-corrected chi connectivity index (χ2v) is 35.9. The molecule has 0 fully saturated rings. The summed E-state index contributed by atoms with van der Waals surface area (Å²) in [4.78, 5) is 0. The summed E-state index contributed by atoms with van der Waals surface area (Å²) in [6, 6.07) is 25.0. The van der Waals surface area contributed by atoms with Gasteiger partial charge in [0.2, 0.25) is 0 Å². The van der Waals surface area contributed by atoms with Gasteiger partial charge in [-0.1, -0.05) is 125 Å². The Bertz CT molecular complexity index is 3760. The van der Waals surface area contributed by atoms with E-state index < -0.39 is 32.5 Å². The summed E-state index contributed by atoms with van der Waals surface area (Å²) in [6.45, 7) is 48.7. The second kappa shape index (κ2) is 49.8. The van der Waals surface area contributed by atoms with Crippen LogP contribution in [0.25, 0.3) is 64.6 Å². The van der Waals surface area contributed by atoms with Gasteiger partial charge in [-0.2, -0.15) is 0 Å². The molecule has 7 rings (SSSR count). The first-order valence-electron chi connectivity index (χ1n) is 42.7. The number of benzene rings is 6. The number of rotatable bonds is 54. The summed E-state index contributed by atoms with van der Waals surface area (Å²) in [5, 5.41) is 75.3. The molecule has 6 N–H and O–H groups in total. The van der Waals surface area contributed by atoms with Gasteiger partial charge in [0, 0.05) is 64.6 Å². The van der Waals surface area contributed by atoms with Gasteiger partial charge in [-0.3, -0.25) is 0 Å². The second-order valence-electron chi connectivity index (χ2n) is 35.9. The minimum absolute atomic E-state index is 0.0345. The van der Waals surface area contributed by atoms with Crippen LogP contribution >= 0.6 is 0 Å². The average Bonchev–Trinajstić information content (AvgIpc) is 0.728. The molecule has 0 saturated heterocycles. The Hall–Kier alpha value is -6.60. The number of aromatic hydroxyl groups is 3. The lowest BCUT2D eigenvalue weighted by Crippen LogP contribution is -2.15. The van der Waals surface area contributed by atoms with E-state index in [-0.39, 0.29) is 116 Å². The minimum atomic E-state index is -0.529. The fourth-order valence-corrected chi connectivity index (χ4v) is 13.0. The highest BCUT2D eigenvalue weighted by Gasteiger charge is 2.30. The topological polar surface area (TPSA) is 288 Å². The molecule has 0 atom stereocenters. The third kappa shape index (κ3) is 31.9. The minimum Gasteiger partial charge on any atom is -0.507 e. The van der Waals surface area contributed by atoms with Crippen LogP contribution < -0.4 is 14.2 Å². The summed E-state index contributed by atoms with van der Waals surface area (Å²) in [5.41, 5.74) is 2.20. The number of hydrogen-bond donors (Lipinski definition) is 6. The van der Waals surface area contributed by atoms with Crippen molar-refractivity contribution in [3.63, 3.8) is 0 Å². The van der Waals surface area contributed by atoms with Gasteiger partial charge in [-0.15, -0.1) is 0 Å². The Morgan fingerprint density at radius 2 is 0.275 bits per heavy atom. The predicted molar refractivity (Wildman–Crippen MR) is 475 cm³/mol. The molecule has 120 heavy (non-hydrogen) atoms. The zero-order valence-corrected chi connectivity index (χ0v) is 75.4. The van der Waals surface area contributed by atoms with E-state index in [0.717, 1.165) is 33.4 Å². The molecule has 0 saturated carbocycles. The van der Waals surface area contributed by atoms with Gasteiger partial charge < -0.3 is 116 Å². The normalized spacial score (nSPS) is 12.7. The molecule has 672 valence electrons. The van der Waals surface area contributed by atoms with Gasteiger partial charge in [-0.05, 0) is 139 Å². The van der Waals surface area contributed by atoms with Crippen LogP contribution in [0.5, 0.6) is 34.5 Å². The molecule has 7 aromatic carbocycles. The molecule has 24 nitrogen and oxygen atoms in total. The van der Waals surface area contributed by atoms with Gasteiger partial charge in [0.05, 0.1) is 218 Å². The van der Waals surface area contributed by atoms with Crippen LogP contribution in [-0.2, 0) is 104 Å². The van der Waals surface area contributed by atoms with Crippen LogP contribution in [0.3, 0.4) is 0 Å². The first kappa shape index (κ1) is 100. The van der Waals surface area contributed by atoms with Gasteiger partial charge in [0.15, 0.2) is 0 Å². The van der Waals surface area contributed by atoms with E-state index in [1.807, 2.05) is 0 Å². The van der Waals surface area contributed by atoms with Crippen molar-refractivity contribution in [3.8, 4) is 34.5 Å². The predicted octanol–water partition coefficient (Wildman–Crippen LogP) is 15.6. The average molecular weight is 1680 g/mol. The number of aliphatic hydroxyl groups excluding tert-OH is 3. The fourth-order valence-electron chi connectivity index (χ4n) is 13.0. The summed E-state index contributed by atoms with van der Waals surface area (Å²) in [6.07, 6.45) is 0. The monoisotopic (exact) mass is 1680 g/mol. The van der Waals surface area contributed by atoms with Crippen LogP contribution in [0.4, 0.5) is 0 Å². The number of aliphatic hydroxyl groups is 3. The van der Waals surface area contributed by atoms with Crippen molar-refractivity contribution in [3.05, 3.63) is 106 Å². The van der Waals surface area contributed by atoms with Crippen molar-refractivity contribution in [2.45, 2.75) is 157 Å². The van der Waals surface area contributed by atoms with E-state index in [1.54, 1.807) is 0 Å². The van der Waals surface area contributed by atoms with Gasteiger partial charge in [0.1, 0.15) is 54.3 Å². The molecule has 12 bridgehead atoms. The van der Waals surface area contributed by atoms with E-state index in [2.05, 4.69) is 197 Å². The van der Waals surface area contributed by atoms with Gasteiger partial charge >= 0.3 is 0 Å². The van der Waals surface area contributed by atoms with E-state index in [1.165, 1.54) is 0 Å². The first-order chi connectivity index (χ1) is 57.1. The smallest absolute Gasteiger partial charge is 0.135 e. The molecule has 0 heterocycles. The zero-order valence-electron chi connectivity index (χ0n) is 75.4. The molecule has 0 radical (unpaired) electrons. The Morgan fingerprint density at radius 1 is 0.167 bits per heavy atom. The summed E-state index contributed by atoms with van der Waals surface area (Å²) in [7, 11) is 0. The van der Waals surface area contributed by atoms with E-state index in [0.29, 0.717) is 221 Å². The SMILES string of the molecule is CC(C)(C)c1cc2c(O)c(c1)c1cc(C(C)(C)C)cc(c1OCCOCCOCCOCCOCCOCCO)c1cc(C(C)(C)C)cc(c1O)c1cc(C(C)(C)C)cc(c1OCCOCCOCCOCCOCCOCCO)c1cc(C(C)(C)C)cc(c1O)c1cc(C(C)(C)C)cc2c1OCCOCCOCCOCCOCCOCCO. The maximum absolute atomic E-state index is 14.1. The highest BCUT2D eigenvalue weighted by atomic mass is 16.6. The molecule has 0 aliphatic heterocycles. The number of phenolic OH excluding ortho intramolecular Hbond substituents is 3. The van der Waals surface area contributed by atoms with E-state index >= 15 is 0 Å². The number of ether oxygens (including phenoxy) is 18. The van der Waals surface area contributed by atoms with Crippen LogP contribution in [0.2, 0.25) is 0 Å². The highest BCUT2D eigenvalue weighted by Crippen LogP contribution is 2.51. The van der Waals surface area contributed by atoms with Crippen LogP contribution in [0.1, 0.15) is 158 Å². The maximum Gasteiger partial charge on any atom is 0.135 e. The lowest BCUT2D eigenvalue weighted by molar-refractivity contribution is -0.0146. The van der Waals surface area contributed by atoms with E-state index in [9.17, 15) is 15.3 Å². The molecule has 0 spiro atoms. The molecule has 0 unspecified atom stereocenters. The van der Waals surface area contributed by atoms with Crippen LogP contribution in [-0.4, -0.2) is 268 Å². The highest BCUT2D eigenvalue weighted by molar-refractivity contribution is 6.15. The molecule has 0 aliphatic carbocycles. The van der Waals surface area contributed by atoms with Crippen LogP contribution in [0, 0.1) is 0 Å². The molecule has 0 aromatic heterocycles. The molecule has 24 heteroatoms.